The van der Waals surface area contributed by atoms with Crippen LogP contribution in [0.4, 0.5) is 0 Å². The van der Waals surface area contributed by atoms with E-state index in [2.05, 4.69) is 10.6 Å². The molecule has 0 saturated carbocycles. The molecule has 0 aliphatic carbocycles. The van der Waals surface area contributed by atoms with Gasteiger partial charge in [-0.15, -0.1) is 0 Å². The van der Waals surface area contributed by atoms with E-state index in [1.807, 2.05) is 6.92 Å². The summed E-state index contributed by atoms with van der Waals surface area (Å²) in [4.78, 5) is 11.3. The van der Waals surface area contributed by atoms with Crippen LogP contribution in [0.5, 0.6) is 5.75 Å². The molecule has 0 bridgehead atoms. The molecule has 1 unspecified atom stereocenters. The Kier molecular flexibility index (Phi) is 8.82. The van der Waals surface area contributed by atoms with Crippen molar-refractivity contribution in [1.29, 1.82) is 0 Å². The number of hydrogen-bond acceptors (Lipinski definition) is 4. The fraction of sp³-hybridized carbons (Fsp3) is 0.533. The van der Waals surface area contributed by atoms with Crippen LogP contribution in [0.15, 0.2) is 24.3 Å². The molecule has 1 aromatic rings. The molecule has 1 atom stereocenters. The summed E-state index contributed by atoms with van der Waals surface area (Å²) in [6, 6.07) is 6.97. The summed E-state index contributed by atoms with van der Waals surface area (Å²) >= 11 is 5.77. The van der Waals surface area contributed by atoms with Crippen molar-refractivity contribution in [3.8, 4) is 5.75 Å². The molecule has 0 heterocycles. The van der Waals surface area contributed by atoms with Gasteiger partial charge in [-0.2, -0.15) is 0 Å². The normalized spacial score (nSPS) is 12.0. The van der Waals surface area contributed by atoms with Crippen molar-refractivity contribution in [1.82, 2.24) is 10.6 Å². The van der Waals surface area contributed by atoms with Crippen LogP contribution in [0.1, 0.15) is 19.8 Å². The van der Waals surface area contributed by atoms with Gasteiger partial charge in [-0.25, -0.2) is 0 Å². The van der Waals surface area contributed by atoms with E-state index in [9.17, 15) is 9.90 Å². The van der Waals surface area contributed by atoms with Crippen LogP contribution in [-0.4, -0.2) is 43.4 Å². The van der Waals surface area contributed by atoms with E-state index >= 15 is 0 Å². The lowest BCUT2D eigenvalue weighted by Crippen LogP contribution is -2.34. The van der Waals surface area contributed by atoms with Crippen LogP contribution in [0.2, 0.25) is 5.02 Å². The zero-order valence-corrected chi connectivity index (χ0v) is 13.0. The predicted molar refractivity (Wildman–Crippen MR) is 83.7 cm³/mol. The molecular formula is C15H23ClN2O3. The van der Waals surface area contributed by atoms with E-state index in [-0.39, 0.29) is 12.5 Å². The molecule has 0 aromatic heterocycles. The highest BCUT2D eigenvalue weighted by molar-refractivity contribution is 6.30. The third-order valence-corrected chi connectivity index (χ3v) is 2.99. The van der Waals surface area contributed by atoms with Crippen LogP contribution in [-0.2, 0) is 4.79 Å². The van der Waals surface area contributed by atoms with Gasteiger partial charge < -0.3 is 20.5 Å². The lowest BCUT2D eigenvalue weighted by Gasteiger charge is -2.13. The first-order valence-electron chi connectivity index (χ1n) is 7.15. The van der Waals surface area contributed by atoms with E-state index in [1.165, 1.54) is 0 Å². The Labute approximate surface area is 130 Å². The van der Waals surface area contributed by atoms with Crippen LogP contribution >= 0.6 is 11.6 Å². The van der Waals surface area contributed by atoms with Crippen LogP contribution in [0, 0.1) is 0 Å². The molecule has 3 N–H and O–H groups in total. The Morgan fingerprint density at radius 3 is 2.71 bits per heavy atom. The van der Waals surface area contributed by atoms with Crippen molar-refractivity contribution in [2.24, 2.45) is 0 Å². The Morgan fingerprint density at radius 1 is 1.33 bits per heavy atom. The molecule has 118 valence electrons. The van der Waals surface area contributed by atoms with E-state index in [4.69, 9.17) is 16.3 Å². The molecule has 1 aromatic carbocycles. The fourth-order valence-corrected chi connectivity index (χ4v) is 1.73. The average molecular weight is 315 g/mol. The first-order chi connectivity index (χ1) is 10.1. The third-order valence-electron chi connectivity index (χ3n) is 2.74. The van der Waals surface area contributed by atoms with E-state index < -0.39 is 6.10 Å². The summed E-state index contributed by atoms with van der Waals surface area (Å²) in [6.45, 7) is 3.82. The maximum atomic E-state index is 11.3. The molecule has 0 saturated heterocycles. The highest BCUT2D eigenvalue weighted by Crippen LogP contribution is 2.15. The second-order valence-electron chi connectivity index (χ2n) is 4.72. The van der Waals surface area contributed by atoms with Crippen molar-refractivity contribution in [3.63, 3.8) is 0 Å². The maximum Gasteiger partial charge on any atom is 0.221 e. The molecule has 0 aliphatic rings. The van der Waals surface area contributed by atoms with Crippen LogP contribution < -0.4 is 15.4 Å². The standard InChI is InChI=1S/C15H23ClN2O3/c1-2-8-18-15(20)7-9-17-10-13(19)11-21-14-5-3-12(16)4-6-14/h3-6,13,17,19H,2,7-11H2,1H3,(H,18,20). The zero-order chi connectivity index (χ0) is 15.5. The van der Waals surface area contributed by atoms with E-state index in [1.54, 1.807) is 24.3 Å². The average Bonchev–Trinajstić information content (AvgIpc) is 2.49. The van der Waals surface area contributed by atoms with Gasteiger partial charge in [0.05, 0.1) is 0 Å². The number of rotatable bonds is 10. The molecule has 1 amide bonds. The predicted octanol–water partition coefficient (Wildman–Crippen LogP) is 1.59. The minimum atomic E-state index is -0.626. The Bertz CT molecular complexity index is 412. The SMILES string of the molecule is CCCNC(=O)CCNCC(O)COc1ccc(Cl)cc1. The fourth-order valence-electron chi connectivity index (χ4n) is 1.61. The highest BCUT2D eigenvalue weighted by Gasteiger charge is 2.06. The summed E-state index contributed by atoms with van der Waals surface area (Å²) in [5, 5.41) is 16.2. The molecule has 0 fully saturated rings. The molecule has 0 aliphatic heterocycles. The Hall–Kier alpha value is -1.30. The molecule has 1 rings (SSSR count). The number of amides is 1. The number of halogens is 1. The number of carbonyl (C=O) groups excluding carboxylic acids is 1. The molecule has 21 heavy (non-hydrogen) atoms. The van der Waals surface area contributed by atoms with Gasteiger partial charge >= 0.3 is 0 Å². The summed E-state index contributed by atoms with van der Waals surface area (Å²) in [7, 11) is 0. The number of benzene rings is 1. The highest BCUT2D eigenvalue weighted by atomic mass is 35.5. The van der Waals surface area contributed by atoms with Gasteiger partial charge in [-0.3, -0.25) is 4.79 Å². The minimum absolute atomic E-state index is 0.0243. The maximum absolute atomic E-state index is 11.3. The number of hydrogen-bond donors (Lipinski definition) is 3. The second-order valence-corrected chi connectivity index (χ2v) is 5.16. The van der Waals surface area contributed by atoms with Gasteiger partial charge in [0.25, 0.3) is 0 Å². The van der Waals surface area contributed by atoms with Gasteiger partial charge in [0.15, 0.2) is 0 Å². The largest absolute Gasteiger partial charge is 0.491 e. The topological polar surface area (TPSA) is 70.6 Å². The number of nitrogens with one attached hydrogen (secondary N) is 2. The van der Waals surface area contributed by atoms with Gasteiger partial charge in [-0.1, -0.05) is 18.5 Å². The van der Waals surface area contributed by atoms with Crippen molar-refractivity contribution in [2.75, 3.05) is 26.2 Å². The monoisotopic (exact) mass is 314 g/mol. The number of aliphatic hydroxyl groups is 1. The van der Waals surface area contributed by atoms with Gasteiger partial charge in [-0.05, 0) is 30.7 Å². The first-order valence-corrected chi connectivity index (χ1v) is 7.53. The van der Waals surface area contributed by atoms with Crippen LogP contribution in [0.25, 0.3) is 0 Å². The Morgan fingerprint density at radius 2 is 2.05 bits per heavy atom. The second kappa shape index (κ2) is 10.4. The van der Waals surface area contributed by atoms with Crippen molar-refractivity contribution in [3.05, 3.63) is 29.3 Å². The lowest BCUT2D eigenvalue weighted by molar-refractivity contribution is -0.121. The number of ether oxygens (including phenoxy) is 1. The van der Waals surface area contributed by atoms with Gasteiger partial charge in [0.2, 0.25) is 5.91 Å². The quantitative estimate of drug-likeness (QED) is 0.574. The lowest BCUT2D eigenvalue weighted by atomic mass is 10.3. The van der Waals surface area contributed by atoms with E-state index in [0.717, 1.165) is 6.42 Å². The summed E-state index contributed by atoms with van der Waals surface area (Å²) in [5.74, 6) is 0.689. The molecule has 5 nitrogen and oxygen atoms in total. The molecule has 0 spiro atoms. The Balaban J connectivity index is 2.07. The summed E-state index contributed by atoms with van der Waals surface area (Å²) in [5.41, 5.74) is 0. The first kappa shape index (κ1) is 17.8. The van der Waals surface area contributed by atoms with Crippen molar-refractivity contribution >= 4 is 17.5 Å². The number of aliphatic hydroxyl groups excluding tert-OH is 1. The summed E-state index contributed by atoms with van der Waals surface area (Å²) in [6.07, 6.45) is 0.712. The van der Waals surface area contributed by atoms with Gasteiger partial charge in [0.1, 0.15) is 18.5 Å². The molecule has 6 heteroatoms. The smallest absolute Gasteiger partial charge is 0.221 e. The van der Waals surface area contributed by atoms with Crippen molar-refractivity contribution in [2.45, 2.75) is 25.9 Å². The minimum Gasteiger partial charge on any atom is -0.491 e. The molecular weight excluding hydrogens is 292 g/mol. The number of carbonyl (C=O) groups is 1. The molecule has 0 radical (unpaired) electrons. The third kappa shape index (κ3) is 8.55. The van der Waals surface area contributed by atoms with Crippen molar-refractivity contribution < 1.29 is 14.6 Å². The van der Waals surface area contributed by atoms with Gasteiger partial charge in [0, 0.05) is 31.1 Å². The summed E-state index contributed by atoms with van der Waals surface area (Å²) < 4.78 is 5.43. The van der Waals surface area contributed by atoms with E-state index in [0.29, 0.717) is 36.8 Å². The zero-order valence-electron chi connectivity index (χ0n) is 12.3. The van der Waals surface area contributed by atoms with Crippen LogP contribution in [0.3, 0.4) is 0 Å².